The van der Waals surface area contributed by atoms with Crippen LogP contribution in [0.3, 0.4) is 0 Å². The van der Waals surface area contributed by atoms with E-state index in [-0.39, 0.29) is 12.5 Å². The van der Waals surface area contributed by atoms with Gasteiger partial charge in [-0.3, -0.25) is 4.79 Å². The molecule has 96 valence electrons. The number of nitrogens with one attached hydrogen (secondary N) is 1. The summed E-state index contributed by atoms with van der Waals surface area (Å²) in [5.41, 5.74) is 4.35. The zero-order valence-corrected chi connectivity index (χ0v) is 10.3. The summed E-state index contributed by atoms with van der Waals surface area (Å²) in [5, 5.41) is 13.0. The molecule has 0 aliphatic carbocycles. The normalized spacial score (nSPS) is 10.6. The van der Waals surface area contributed by atoms with E-state index >= 15 is 0 Å². The molecule has 0 unspecified atom stereocenters. The predicted molar refractivity (Wildman–Crippen MR) is 73.9 cm³/mol. The van der Waals surface area contributed by atoms with Crippen molar-refractivity contribution in [2.45, 2.75) is 6.61 Å². The number of carbonyl (C=O) groups excluding carboxylic acids is 1. The molecule has 0 aliphatic heterocycles. The van der Waals surface area contributed by atoms with Crippen LogP contribution in [0.5, 0.6) is 0 Å². The highest BCUT2D eigenvalue weighted by atomic mass is 16.3. The summed E-state index contributed by atoms with van der Waals surface area (Å²) >= 11 is 0. The van der Waals surface area contributed by atoms with Crippen molar-refractivity contribution in [1.82, 2.24) is 5.43 Å². The molecule has 19 heavy (non-hydrogen) atoms. The van der Waals surface area contributed by atoms with E-state index in [1.54, 1.807) is 30.5 Å². The minimum Gasteiger partial charge on any atom is -0.392 e. The standard InChI is InChI=1S/C15H14N2O2/c18-11-13-8-4-5-9-14(13)15(19)17-16-10-12-6-2-1-3-7-12/h1-10,18H,11H2,(H,17,19)/b16-10+. The Morgan fingerprint density at radius 1 is 1.11 bits per heavy atom. The number of hydrazone groups is 1. The molecule has 2 N–H and O–H groups in total. The van der Waals surface area contributed by atoms with E-state index in [9.17, 15) is 4.79 Å². The smallest absolute Gasteiger partial charge is 0.271 e. The van der Waals surface area contributed by atoms with Crippen molar-refractivity contribution in [3.63, 3.8) is 0 Å². The van der Waals surface area contributed by atoms with E-state index in [1.807, 2.05) is 30.3 Å². The van der Waals surface area contributed by atoms with Gasteiger partial charge in [0.1, 0.15) is 0 Å². The molecule has 4 heteroatoms. The second kappa shape index (κ2) is 6.47. The van der Waals surface area contributed by atoms with Crippen LogP contribution in [0.1, 0.15) is 21.5 Å². The Balaban J connectivity index is 2.04. The third-order valence-electron chi connectivity index (χ3n) is 2.61. The quantitative estimate of drug-likeness (QED) is 0.647. The molecule has 2 rings (SSSR count). The minimum atomic E-state index is -0.336. The highest BCUT2D eigenvalue weighted by Gasteiger charge is 2.08. The average Bonchev–Trinajstić information content (AvgIpc) is 2.48. The molecule has 0 atom stereocenters. The Hall–Kier alpha value is -2.46. The van der Waals surface area contributed by atoms with Gasteiger partial charge in [-0.25, -0.2) is 5.43 Å². The van der Waals surface area contributed by atoms with Crippen LogP contribution in [-0.4, -0.2) is 17.2 Å². The molecular weight excluding hydrogens is 240 g/mol. The van der Waals surface area contributed by atoms with Crippen LogP contribution >= 0.6 is 0 Å². The molecule has 2 aromatic carbocycles. The Morgan fingerprint density at radius 3 is 2.53 bits per heavy atom. The van der Waals surface area contributed by atoms with Crippen molar-refractivity contribution >= 4 is 12.1 Å². The van der Waals surface area contributed by atoms with E-state index in [0.29, 0.717) is 11.1 Å². The molecule has 0 saturated heterocycles. The molecule has 0 bridgehead atoms. The largest absolute Gasteiger partial charge is 0.392 e. The van der Waals surface area contributed by atoms with Gasteiger partial charge in [-0.15, -0.1) is 0 Å². The van der Waals surface area contributed by atoms with E-state index in [1.165, 1.54) is 0 Å². The lowest BCUT2D eigenvalue weighted by molar-refractivity contribution is 0.0952. The van der Waals surface area contributed by atoms with Crippen molar-refractivity contribution < 1.29 is 9.90 Å². The molecule has 0 saturated carbocycles. The molecular formula is C15H14N2O2. The fourth-order valence-corrected chi connectivity index (χ4v) is 1.64. The Kier molecular flexibility index (Phi) is 4.42. The van der Waals surface area contributed by atoms with Crippen LogP contribution in [0, 0.1) is 0 Å². The summed E-state index contributed by atoms with van der Waals surface area (Å²) < 4.78 is 0. The maximum Gasteiger partial charge on any atom is 0.271 e. The van der Waals surface area contributed by atoms with Gasteiger partial charge in [-0.05, 0) is 17.2 Å². The first-order valence-electron chi connectivity index (χ1n) is 5.88. The number of hydrogen-bond donors (Lipinski definition) is 2. The van der Waals surface area contributed by atoms with Crippen molar-refractivity contribution in [2.24, 2.45) is 5.10 Å². The van der Waals surface area contributed by atoms with Gasteiger partial charge in [0, 0.05) is 5.56 Å². The van der Waals surface area contributed by atoms with Gasteiger partial charge >= 0.3 is 0 Å². The third-order valence-corrected chi connectivity index (χ3v) is 2.61. The third kappa shape index (κ3) is 3.50. The van der Waals surface area contributed by atoms with Gasteiger partial charge in [0.15, 0.2) is 0 Å². The molecule has 2 aromatic rings. The lowest BCUT2D eigenvalue weighted by Gasteiger charge is -2.04. The molecule has 0 aromatic heterocycles. The van der Waals surface area contributed by atoms with Crippen molar-refractivity contribution in [1.29, 1.82) is 0 Å². The molecule has 0 fully saturated rings. The van der Waals surface area contributed by atoms with Crippen LogP contribution in [0.25, 0.3) is 0 Å². The van der Waals surface area contributed by atoms with E-state index in [0.717, 1.165) is 5.56 Å². The van der Waals surface area contributed by atoms with Gasteiger partial charge in [-0.1, -0.05) is 48.5 Å². The molecule has 0 spiro atoms. The highest BCUT2D eigenvalue weighted by Crippen LogP contribution is 2.08. The Bertz CT molecular complexity index is 580. The van der Waals surface area contributed by atoms with Gasteiger partial charge in [0.05, 0.1) is 12.8 Å². The molecule has 4 nitrogen and oxygen atoms in total. The number of nitrogens with zero attached hydrogens (tertiary/aromatic N) is 1. The van der Waals surface area contributed by atoms with Crippen LogP contribution in [0.2, 0.25) is 0 Å². The summed E-state index contributed by atoms with van der Waals surface area (Å²) in [6, 6.07) is 16.3. The van der Waals surface area contributed by atoms with Crippen LogP contribution in [0.15, 0.2) is 59.7 Å². The summed E-state index contributed by atoms with van der Waals surface area (Å²) in [4.78, 5) is 11.9. The van der Waals surface area contributed by atoms with Crippen molar-refractivity contribution in [3.05, 3.63) is 71.3 Å². The summed E-state index contributed by atoms with van der Waals surface area (Å²) in [7, 11) is 0. The number of amides is 1. The van der Waals surface area contributed by atoms with E-state index < -0.39 is 0 Å². The van der Waals surface area contributed by atoms with Crippen molar-refractivity contribution in [2.75, 3.05) is 0 Å². The Morgan fingerprint density at radius 2 is 1.79 bits per heavy atom. The molecule has 0 aliphatic rings. The fraction of sp³-hybridized carbons (Fsp3) is 0.0667. The summed E-state index contributed by atoms with van der Waals surface area (Å²) in [6.45, 7) is -0.175. The second-order valence-electron chi connectivity index (χ2n) is 3.93. The van der Waals surface area contributed by atoms with Crippen molar-refractivity contribution in [3.8, 4) is 0 Å². The lowest BCUT2D eigenvalue weighted by Crippen LogP contribution is -2.19. The number of rotatable bonds is 4. The topological polar surface area (TPSA) is 61.7 Å². The zero-order chi connectivity index (χ0) is 13.5. The number of benzene rings is 2. The number of aliphatic hydroxyl groups is 1. The molecule has 1 amide bonds. The van der Waals surface area contributed by atoms with E-state index in [4.69, 9.17) is 5.11 Å². The van der Waals surface area contributed by atoms with Gasteiger partial charge in [-0.2, -0.15) is 5.10 Å². The SMILES string of the molecule is O=C(N/N=C/c1ccccc1)c1ccccc1CO. The van der Waals surface area contributed by atoms with Gasteiger partial charge < -0.3 is 5.11 Å². The Labute approximate surface area is 111 Å². The first-order chi connectivity index (χ1) is 9.31. The van der Waals surface area contributed by atoms with Crippen LogP contribution in [0.4, 0.5) is 0 Å². The summed E-state index contributed by atoms with van der Waals surface area (Å²) in [6.07, 6.45) is 1.57. The van der Waals surface area contributed by atoms with Crippen LogP contribution < -0.4 is 5.43 Å². The van der Waals surface area contributed by atoms with E-state index in [2.05, 4.69) is 10.5 Å². The fourth-order valence-electron chi connectivity index (χ4n) is 1.64. The summed E-state index contributed by atoms with van der Waals surface area (Å²) in [5.74, 6) is -0.336. The highest BCUT2D eigenvalue weighted by molar-refractivity contribution is 5.96. The lowest BCUT2D eigenvalue weighted by atomic mass is 10.1. The number of aliphatic hydroxyl groups excluding tert-OH is 1. The first kappa shape index (κ1) is 13.0. The van der Waals surface area contributed by atoms with Crippen LogP contribution in [-0.2, 0) is 6.61 Å². The second-order valence-corrected chi connectivity index (χ2v) is 3.93. The average molecular weight is 254 g/mol. The molecule has 0 heterocycles. The number of carbonyl (C=O) groups is 1. The first-order valence-corrected chi connectivity index (χ1v) is 5.88. The predicted octanol–water partition coefficient (Wildman–Crippen LogP) is 1.94. The van der Waals surface area contributed by atoms with Gasteiger partial charge in [0.25, 0.3) is 5.91 Å². The minimum absolute atomic E-state index is 0.175. The maximum absolute atomic E-state index is 11.9. The van der Waals surface area contributed by atoms with Gasteiger partial charge in [0.2, 0.25) is 0 Å². The molecule has 0 radical (unpaired) electrons. The number of hydrogen-bond acceptors (Lipinski definition) is 3. The maximum atomic E-state index is 11.9. The monoisotopic (exact) mass is 254 g/mol. The zero-order valence-electron chi connectivity index (χ0n) is 10.3.